The van der Waals surface area contributed by atoms with E-state index in [1.165, 1.54) is 6.33 Å². The monoisotopic (exact) mass is 200 g/mol. The fourth-order valence-corrected chi connectivity index (χ4v) is 1.14. The summed E-state index contributed by atoms with van der Waals surface area (Å²) in [6.07, 6.45) is 3.01. The Kier molecular flexibility index (Phi) is 2.61. The van der Waals surface area contributed by atoms with Gasteiger partial charge in [-0.25, -0.2) is 9.97 Å². The summed E-state index contributed by atoms with van der Waals surface area (Å²) in [6.45, 7) is 0.217. The molecule has 0 aromatic carbocycles. The Morgan fingerprint density at radius 2 is 2.40 bits per heavy atom. The summed E-state index contributed by atoms with van der Waals surface area (Å²) in [5.74, 6) is 1.29. The Morgan fingerprint density at radius 3 is 3.13 bits per heavy atom. The molecular weight excluding hydrogens is 192 g/mol. The van der Waals surface area contributed by atoms with E-state index in [4.69, 9.17) is 9.68 Å². The van der Waals surface area contributed by atoms with E-state index in [9.17, 15) is 0 Å². The van der Waals surface area contributed by atoms with Crippen molar-refractivity contribution in [2.75, 3.05) is 11.9 Å². The average molecular weight is 200 g/mol. The molecule has 2 aromatic heterocycles. The third-order valence-electron chi connectivity index (χ3n) is 1.79. The summed E-state index contributed by atoms with van der Waals surface area (Å²) in [6, 6.07) is 7.32. The highest BCUT2D eigenvalue weighted by atomic mass is 16.3. The van der Waals surface area contributed by atoms with Crippen molar-refractivity contribution in [1.82, 2.24) is 9.97 Å². The molecule has 0 aliphatic rings. The maximum absolute atomic E-state index is 8.41. The first-order valence-corrected chi connectivity index (χ1v) is 4.37. The number of nitrogens with zero attached hydrogens (tertiary/aromatic N) is 3. The molecule has 0 bridgehead atoms. The third kappa shape index (κ3) is 2.11. The van der Waals surface area contributed by atoms with Gasteiger partial charge in [0, 0.05) is 6.07 Å². The quantitative estimate of drug-likeness (QED) is 0.763. The van der Waals surface area contributed by atoms with Crippen LogP contribution in [0.15, 0.2) is 35.2 Å². The Hall–Kier alpha value is -2.35. The van der Waals surface area contributed by atoms with Gasteiger partial charge in [-0.2, -0.15) is 5.26 Å². The molecule has 0 aliphatic carbocycles. The van der Waals surface area contributed by atoms with Crippen LogP contribution in [-0.2, 0) is 0 Å². The van der Waals surface area contributed by atoms with E-state index < -0.39 is 0 Å². The number of nitrogens with one attached hydrogen (secondary N) is 1. The van der Waals surface area contributed by atoms with Crippen molar-refractivity contribution in [3.8, 4) is 17.5 Å². The minimum Gasteiger partial charge on any atom is -0.463 e. The molecule has 74 valence electrons. The Balaban J connectivity index is 2.24. The number of nitriles is 1. The van der Waals surface area contributed by atoms with Gasteiger partial charge in [-0.3, -0.25) is 0 Å². The van der Waals surface area contributed by atoms with Crippen LogP contribution < -0.4 is 5.32 Å². The van der Waals surface area contributed by atoms with Crippen LogP contribution in [0.4, 0.5) is 5.82 Å². The van der Waals surface area contributed by atoms with Gasteiger partial charge in [0.2, 0.25) is 0 Å². The van der Waals surface area contributed by atoms with E-state index in [0.717, 1.165) is 0 Å². The molecule has 1 N–H and O–H groups in total. The Labute approximate surface area is 86.4 Å². The number of hydrogen-bond acceptors (Lipinski definition) is 5. The topological polar surface area (TPSA) is 74.7 Å². The second kappa shape index (κ2) is 4.24. The largest absolute Gasteiger partial charge is 0.463 e. The molecule has 2 aromatic rings. The molecule has 0 spiro atoms. The van der Waals surface area contributed by atoms with Crippen LogP contribution in [0.3, 0.4) is 0 Å². The minimum atomic E-state index is 0.217. The number of aromatic nitrogens is 2. The van der Waals surface area contributed by atoms with Gasteiger partial charge in [0.05, 0.1) is 12.3 Å². The molecular formula is C10H8N4O. The van der Waals surface area contributed by atoms with Crippen LogP contribution in [0, 0.1) is 11.3 Å². The summed E-state index contributed by atoms with van der Waals surface area (Å²) in [5, 5.41) is 11.2. The highest BCUT2D eigenvalue weighted by Crippen LogP contribution is 2.18. The van der Waals surface area contributed by atoms with Crippen LogP contribution in [0.1, 0.15) is 0 Å². The Bertz CT molecular complexity index is 472. The minimum absolute atomic E-state index is 0.217. The summed E-state index contributed by atoms with van der Waals surface area (Å²) in [7, 11) is 0. The smallest absolute Gasteiger partial charge is 0.152 e. The molecule has 2 rings (SSSR count). The van der Waals surface area contributed by atoms with Crippen LogP contribution >= 0.6 is 0 Å². The van der Waals surface area contributed by atoms with Crippen LogP contribution in [0.25, 0.3) is 11.5 Å². The van der Waals surface area contributed by atoms with E-state index in [1.807, 2.05) is 12.1 Å². The van der Waals surface area contributed by atoms with Gasteiger partial charge in [0.15, 0.2) is 5.76 Å². The van der Waals surface area contributed by atoms with Crippen molar-refractivity contribution < 1.29 is 4.42 Å². The molecule has 0 saturated carbocycles. The van der Waals surface area contributed by atoms with Gasteiger partial charge < -0.3 is 9.73 Å². The highest BCUT2D eigenvalue weighted by molar-refractivity contribution is 5.56. The van der Waals surface area contributed by atoms with E-state index in [2.05, 4.69) is 15.3 Å². The standard InChI is InChI=1S/C10H8N4O/c11-3-4-12-10-6-8(13-7-14-10)9-2-1-5-15-9/h1-2,5-7H,4H2,(H,12,13,14). The zero-order valence-electron chi connectivity index (χ0n) is 7.84. The van der Waals surface area contributed by atoms with Gasteiger partial charge >= 0.3 is 0 Å². The molecule has 0 atom stereocenters. The molecule has 2 heterocycles. The van der Waals surface area contributed by atoms with Gasteiger partial charge in [-0.05, 0) is 12.1 Å². The summed E-state index contributed by atoms with van der Waals surface area (Å²) >= 11 is 0. The van der Waals surface area contributed by atoms with Crippen LogP contribution in [0.2, 0.25) is 0 Å². The van der Waals surface area contributed by atoms with Crippen molar-refractivity contribution in [1.29, 1.82) is 5.26 Å². The highest BCUT2D eigenvalue weighted by Gasteiger charge is 2.03. The second-order valence-corrected chi connectivity index (χ2v) is 2.78. The van der Waals surface area contributed by atoms with Crippen LogP contribution in [0.5, 0.6) is 0 Å². The van der Waals surface area contributed by atoms with E-state index >= 15 is 0 Å². The fourth-order valence-electron chi connectivity index (χ4n) is 1.14. The lowest BCUT2D eigenvalue weighted by Crippen LogP contribution is -2.01. The first-order chi connectivity index (χ1) is 7.40. The van der Waals surface area contributed by atoms with Gasteiger partial charge in [-0.15, -0.1) is 0 Å². The fraction of sp³-hybridized carbons (Fsp3) is 0.100. The van der Waals surface area contributed by atoms with Gasteiger partial charge in [0.1, 0.15) is 24.4 Å². The first-order valence-electron chi connectivity index (χ1n) is 4.37. The van der Waals surface area contributed by atoms with Crippen molar-refractivity contribution in [2.45, 2.75) is 0 Å². The Morgan fingerprint density at radius 1 is 1.47 bits per heavy atom. The molecule has 0 aliphatic heterocycles. The maximum atomic E-state index is 8.41. The molecule has 0 fully saturated rings. The molecule has 5 nitrogen and oxygen atoms in total. The average Bonchev–Trinajstić information content (AvgIpc) is 2.80. The molecule has 0 saturated heterocycles. The third-order valence-corrected chi connectivity index (χ3v) is 1.79. The number of rotatable bonds is 3. The molecule has 0 radical (unpaired) electrons. The number of anilines is 1. The number of furan rings is 1. The summed E-state index contributed by atoms with van der Waals surface area (Å²) in [5.41, 5.74) is 0.690. The lowest BCUT2D eigenvalue weighted by atomic mass is 10.3. The van der Waals surface area contributed by atoms with Crippen molar-refractivity contribution in [2.24, 2.45) is 0 Å². The molecule has 0 unspecified atom stereocenters. The van der Waals surface area contributed by atoms with Crippen molar-refractivity contribution in [3.05, 3.63) is 30.8 Å². The normalized spacial score (nSPS) is 9.53. The first kappa shape index (κ1) is 9.21. The van der Waals surface area contributed by atoms with Crippen molar-refractivity contribution in [3.63, 3.8) is 0 Å². The molecule has 0 amide bonds. The lowest BCUT2D eigenvalue weighted by Gasteiger charge is -2.01. The van der Waals surface area contributed by atoms with Crippen molar-refractivity contribution >= 4 is 5.82 Å². The predicted molar refractivity (Wildman–Crippen MR) is 53.8 cm³/mol. The summed E-state index contributed by atoms with van der Waals surface area (Å²) < 4.78 is 5.20. The van der Waals surface area contributed by atoms with Crippen LogP contribution in [-0.4, -0.2) is 16.5 Å². The van der Waals surface area contributed by atoms with Gasteiger partial charge in [-0.1, -0.05) is 0 Å². The predicted octanol–water partition coefficient (Wildman–Crippen LogP) is 1.67. The summed E-state index contributed by atoms with van der Waals surface area (Å²) in [4.78, 5) is 8.03. The van der Waals surface area contributed by atoms with E-state index in [1.54, 1.807) is 18.4 Å². The molecule has 5 heteroatoms. The zero-order chi connectivity index (χ0) is 10.5. The zero-order valence-corrected chi connectivity index (χ0v) is 7.84. The number of hydrogen-bond donors (Lipinski definition) is 1. The maximum Gasteiger partial charge on any atom is 0.152 e. The molecule has 15 heavy (non-hydrogen) atoms. The second-order valence-electron chi connectivity index (χ2n) is 2.78. The lowest BCUT2D eigenvalue weighted by molar-refractivity contribution is 0.580. The SMILES string of the molecule is N#CCNc1cc(-c2ccco2)ncn1. The van der Waals surface area contributed by atoms with Gasteiger partial charge in [0.25, 0.3) is 0 Å². The van der Waals surface area contributed by atoms with E-state index in [0.29, 0.717) is 17.3 Å². The van der Waals surface area contributed by atoms with E-state index in [-0.39, 0.29) is 6.54 Å².